The Hall–Kier alpha value is -1.70. The van der Waals surface area contributed by atoms with Crippen LogP contribution in [0, 0.1) is 0 Å². The molecular weight excluding hydrogens is 358 g/mol. The quantitative estimate of drug-likeness (QED) is 0.539. The molecule has 0 heterocycles. The van der Waals surface area contributed by atoms with Crippen LogP contribution in [0.15, 0.2) is 60.7 Å². The molecule has 0 bridgehead atoms. The summed E-state index contributed by atoms with van der Waals surface area (Å²) in [5.74, 6) is 0. The molecule has 0 aromatic heterocycles. The van der Waals surface area contributed by atoms with Gasteiger partial charge in [0.25, 0.3) is 0 Å². The van der Waals surface area contributed by atoms with Crippen LogP contribution < -0.4 is 5.09 Å². The first kappa shape index (κ1) is 19.6. The summed E-state index contributed by atoms with van der Waals surface area (Å²) in [5, 5.41) is 10.7. The number of rotatable bonds is 8. The van der Waals surface area contributed by atoms with Crippen molar-refractivity contribution in [1.29, 1.82) is 0 Å². The summed E-state index contributed by atoms with van der Waals surface area (Å²) in [6, 6.07) is 16.9. The van der Waals surface area contributed by atoms with Crippen molar-refractivity contribution in [2.75, 3.05) is 0 Å². The fourth-order valence-electron chi connectivity index (χ4n) is 1.80. The van der Waals surface area contributed by atoms with Gasteiger partial charge >= 0.3 is 13.9 Å². The molecule has 9 heteroatoms. The molecule has 0 saturated carbocycles. The van der Waals surface area contributed by atoms with Gasteiger partial charge in [-0.2, -0.15) is 18.3 Å². The van der Waals surface area contributed by atoms with Crippen molar-refractivity contribution in [2.45, 2.75) is 25.6 Å². The SMILES string of the molecule is O=P(NC(O)C(F)(F)F)(OCc1ccccc1)OCc1ccccc1. The normalized spacial score (nSPS) is 13.6. The molecule has 0 amide bonds. The molecule has 0 saturated heterocycles. The van der Waals surface area contributed by atoms with Crippen LogP contribution in [0.3, 0.4) is 0 Å². The second-order valence-corrected chi connectivity index (χ2v) is 6.86. The Morgan fingerprint density at radius 1 is 0.920 bits per heavy atom. The van der Waals surface area contributed by atoms with Crippen LogP contribution in [0.5, 0.6) is 0 Å². The molecular formula is C16H17F3NO4P. The van der Waals surface area contributed by atoms with Crippen LogP contribution in [-0.2, 0) is 26.8 Å². The van der Waals surface area contributed by atoms with Crippen LogP contribution in [0.1, 0.15) is 11.1 Å². The van der Waals surface area contributed by atoms with Crippen LogP contribution in [0.2, 0.25) is 0 Å². The number of benzene rings is 2. The lowest BCUT2D eigenvalue weighted by molar-refractivity contribution is -0.208. The molecule has 0 radical (unpaired) electrons. The minimum Gasteiger partial charge on any atom is -0.370 e. The van der Waals surface area contributed by atoms with E-state index in [-0.39, 0.29) is 13.2 Å². The second kappa shape index (κ2) is 8.60. The molecule has 2 rings (SSSR count). The van der Waals surface area contributed by atoms with E-state index in [0.717, 1.165) is 0 Å². The van der Waals surface area contributed by atoms with E-state index in [0.29, 0.717) is 11.1 Å². The third-order valence-corrected chi connectivity index (χ3v) is 4.58. The van der Waals surface area contributed by atoms with Gasteiger partial charge in [0.1, 0.15) is 0 Å². The van der Waals surface area contributed by atoms with Gasteiger partial charge in [0.2, 0.25) is 6.23 Å². The largest absolute Gasteiger partial charge is 0.428 e. The van der Waals surface area contributed by atoms with E-state index in [1.165, 1.54) is 5.09 Å². The number of halogens is 3. The molecule has 136 valence electrons. The minimum absolute atomic E-state index is 0.246. The van der Waals surface area contributed by atoms with Crippen molar-refractivity contribution in [3.05, 3.63) is 71.8 Å². The molecule has 0 spiro atoms. The highest BCUT2D eigenvalue weighted by molar-refractivity contribution is 7.51. The van der Waals surface area contributed by atoms with Crippen LogP contribution in [0.4, 0.5) is 13.2 Å². The van der Waals surface area contributed by atoms with E-state index in [9.17, 15) is 17.7 Å². The number of aliphatic hydroxyl groups excluding tert-OH is 1. The number of hydrogen-bond acceptors (Lipinski definition) is 4. The lowest BCUT2D eigenvalue weighted by atomic mass is 10.2. The molecule has 1 unspecified atom stereocenters. The average Bonchev–Trinajstić information content (AvgIpc) is 2.59. The number of aliphatic hydroxyl groups is 1. The molecule has 2 N–H and O–H groups in total. The van der Waals surface area contributed by atoms with Gasteiger partial charge in [-0.25, -0.2) is 4.57 Å². The maximum atomic E-state index is 12.6. The molecule has 0 aliphatic rings. The van der Waals surface area contributed by atoms with E-state index in [1.807, 2.05) is 0 Å². The highest BCUT2D eigenvalue weighted by Crippen LogP contribution is 2.47. The molecule has 5 nitrogen and oxygen atoms in total. The van der Waals surface area contributed by atoms with Crippen molar-refractivity contribution in [3.63, 3.8) is 0 Å². The minimum atomic E-state index is -5.01. The van der Waals surface area contributed by atoms with Crippen molar-refractivity contribution >= 4 is 7.75 Å². The number of alkyl halides is 3. The maximum Gasteiger partial charge on any atom is 0.428 e. The Labute approximate surface area is 143 Å². The molecule has 2 aromatic rings. The van der Waals surface area contributed by atoms with Gasteiger partial charge in [-0.05, 0) is 11.1 Å². The van der Waals surface area contributed by atoms with Crippen LogP contribution in [0.25, 0.3) is 0 Å². The third kappa shape index (κ3) is 6.61. The van der Waals surface area contributed by atoms with E-state index >= 15 is 0 Å². The van der Waals surface area contributed by atoms with E-state index in [1.54, 1.807) is 60.7 Å². The summed E-state index contributed by atoms with van der Waals surface area (Å²) in [7, 11) is -4.42. The molecule has 0 fully saturated rings. The number of hydrogen-bond donors (Lipinski definition) is 2. The van der Waals surface area contributed by atoms with Gasteiger partial charge in [0.05, 0.1) is 13.2 Å². The molecule has 1 atom stereocenters. The summed E-state index contributed by atoms with van der Waals surface area (Å²) in [6.45, 7) is -0.491. The van der Waals surface area contributed by atoms with Crippen molar-refractivity contribution in [1.82, 2.24) is 5.09 Å². The Morgan fingerprint density at radius 2 is 1.32 bits per heavy atom. The summed E-state index contributed by atoms with van der Waals surface area (Å²) in [6.07, 6.45) is -8.05. The van der Waals surface area contributed by atoms with Crippen molar-refractivity contribution < 1.29 is 31.9 Å². The molecule has 25 heavy (non-hydrogen) atoms. The summed E-state index contributed by atoms with van der Waals surface area (Å²) < 4.78 is 60.4. The predicted molar refractivity (Wildman–Crippen MR) is 85.3 cm³/mol. The second-order valence-electron chi connectivity index (χ2n) is 5.09. The fourth-order valence-corrected chi connectivity index (χ4v) is 3.11. The van der Waals surface area contributed by atoms with Gasteiger partial charge in [-0.1, -0.05) is 60.7 Å². The highest BCUT2D eigenvalue weighted by Gasteiger charge is 2.43. The maximum absolute atomic E-state index is 12.6. The zero-order chi connectivity index (χ0) is 18.3. The lowest BCUT2D eigenvalue weighted by Gasteiger charge is -2.23. The average molecular weight is 375 g/mol. The first-order valence-corrected chi connectivity index (χ1v) is 8.82. The Bertz CT molecular complexity index is 650. The smallest absolute Gasteiger partial charge is 0.370 e. The monoisotopic (exact) mass is 375 g/mol. The van der Waals surface area contributed by atoms with Gasteiger partial charge < -0.3 is 5.11 Å². The summed E-state index contributed by atoms with van der Waals surface area (Å²) in [5.41, 5.74) is 1.18. The molecule has 0 aliphatic heterocycles. The number of nitrogens with one attached hydrogen (secondary N) is 1. The first-order chi connectivity index (χ1) is 11.8. The standard InChI is InChI=1S/C16H17F3NO4P/c17-16(18,19)15(21)20-25(22,23-11-13-7-3-1-4-8-13)24-12-14-9-5-2-6-10-14/h1-10,15,21H,11-12H2,(H,20,22). The van der Waals surface area contributed by atoms with E-state index < -0.39 is 20.2 Å². The highest BCUT2D eigenvalue weighted by atomic mass is 31.2. The predicted octanol–water partition coefficient (Wildman–Crippen LogP) is 4.00. The Balaban J connectivity index is 2.07. The van der Waals surface area contributed by atoms with Gasteiger partial charge in [0, 0.05) is 0 Å². The Morgan fingerprint density at radius 3 is 1.68 bits per heavy atom. The zero-order valence-corrected chi connectivity index (χ0v) is 13.9. The molecule has 0 aliphatic carbocycles. The van der Waals surface area contributed by atoms with Crippen molar-refractivity contribution in [3.8, 4) is 0 Å². The topological polar surface area (TPSA) is 67.8 Å². The summed E-state index contributed by atoms with van der Waals surface area (Å²) >= 11 is 0. The lowest BCUT2D eigenvalue weighted by Crippen LogP contribution is -2.40. The van der Waals surface area contributed by atoms with Crippen LogP contribution in [-0.4, -0.2) is 17.5 Å². The third-order valence-electron chi connectivity index (χ3n) is 3.08. The zero-order valence-electron chi connectivity index (χ0n) is 13.0. The first-order valence-electron chi connectivity index (χ1n) is 7.28. The summed E-state index contributed by atoms with van der Waals surface area (Å²) in [4.78, 5) is 0. The van der Waals surface area contributed by atoms with Crippen LogP contribution >= 0.6 is 7.75 Å². The van der Waals surface area contributed by atoms with E-state index in [4.69, 9.17) is 14.2 Å². The molecule has 2 aromatic carbocycles. The van der Waals surface area contributed by atoms with Crippen molar-refractivity contribution in [2.24, 2.45) is 0 Å². The Kier molecular flexibility index (Phi) is 6.75. The van der Waals surface area contributed by atoms with E-state index in [2.05, 4.69) is 0 Å². The fraction of sp³-hybridized carbons (Fsp3) is 0.250. The van der Waals surface area contributed by atoms with Gasteiger partial charge in [0.15, 0.2) is 0 Å². The van der Waals surface area contributed by atoms with Gasteiger partial charge in [-0.3, -0.25) is 9.05 Å². The van der Waals surface area contributed by atoms with Gasteiger partial charge in [-0.15, -0.1) is 0 Å².